The first-order valence-electron chi connectivity index (χ1n) is 10.3. The Balaban J connectivity index is 1.93. The van der Waals surface area contributed by atoms with Crippen molar-refractivity contribution in [2.45, 2.75) is 45.7 Å². The molecule has 0 spiro atoms. The highest BCUT2D eigenvalue weighted by atomic mass is 19.4. The number of nitrogens with one attached hydrogen (secondary N) is 1. The summed E-state index contributed by atoms with van der Waals surface area (Å²) in [7, 11) is 1.57. The molecule has 1 aromatic heterocycles. The summed E-state index contributed by atoms with van der Waals surface area (Å²) in [5.41, 5.74) is 2.76. The minimum absolute atomic E-state index is 0.108. The summed E-state index contributed by atoms with van der Waals surface area (Å²) in [4.78, 5) is 9.55. The van der Waals surface area contributed by atoms with E-state index in [1.54, 1.807) is 19.2 Å². The monoisotopic (exact) mass is 428 g/mol. The van der Waals surface area contributed by atoms with E-state index in [-0.39, 0.29) is 11.8 Å². The van der Waals surface area contributed by atoms with E-state index in [0.717, 1.165) is 30.3 Å². The summed E-state index contributed by atoms with van der Waals surface area (Å²) >= 11 is 0. The SMILES string of the molecule is CCCc1ccc(Nc2ncc(C(F)(F)F)c(N(C)c3ccc(C(C)C)cc3)n2)cc1. The highest BCUT2D eigenvalue weighted by Crippen LogP contribution is 2.38. The molecule has 0 aliphatic carbocycles. The minimum atomic E-state index is -4.57. The Morgan fingerprint density at radius 1 is 1.00 bits per heavy atom. The summed E-state index contributed by atoms with van der Waals surface area (Å²) in [6.45, 7) is 6.24. The molecule has 0 aliphatic rings. The molecule has 0 unspecified atom stereocenters. The average molecular weight is 429 g/mol. The van der Waals surface area contributed by atoms with Crippen LogP contribution in [0, 0.1) is 0 Å². The zero-order valence-electron chi connectivity index (χ0n) is 18.2. The number of nitrogens with zero attached hydrogens (tertiary/aromatic N) is 3. The van der Waals surface area contributed by atoms with Crippen LogP contribution in [-0.4, -0.2) is 17.0 Å². The van der Waals surface area contributed by atoms with Crippen LogP contribution in [-0.2, 0) is 12.6 Å². The second-order valence-electron chi connectivity index (χ2n) is 7.81. The molecule has 0 bridgehead atoms. The van der Waals surface area contributed by atoms with Crippen LogP contribution in [0.25, 0.3) is 0 Å². The Hall–Kier alpha value is -3.09. The topological polar surface area (TPSA) is 41.1 Å². The number of benzene rings is 2. The molecule has 1 N–H and O–H groups in total. The van der Waals surface area contributed by atoms with Crippen molar-refractivity contribution in [1.29, 1.82) is 0 Å². The lowest BCUT2D eigenvalue weighted by atomic mass is 10.0. The Kier molecular flexibility index (Phi) is 6.83. The van der Waals surface area contributed by atoms with Gasteiger partial charge in [0.15, 0.2) is 5.82 Å². The zero-order valence-corrected chi connectivity index (χ0v) is 18.2. The third kappa shape index (κ3) is 5.54. The van der Waals surface area contributed by atoms with Crippen LogP contribution in [0.1, 0.15) is 49.8 Å². The van der Waals surface area contributed by atoms with Gasteiger partial charge in [-0.2, -0.15) is 18.2 Å². The van der Waals surface area contributed by atoms with Crippen molar-refractivity contribution < 1.29 is 13.2 Å². The third-order valence-electron chi connectivity index (χ3n) is 5.09. The van der Waals surface area contributed by atoms with E-state index in [9.17, 15) is 13.2 Å². The van der Waals surface area contributed by atoms with Crippen molar-refractivity contribution in [3.05, 3.63) is 71.4 Å². The first-order chi connectivity index (χ1) is 14.7. The molecule has 0 aliphatic heterocycles. The lowest BCUT2D eigenvalue weighted by Gasteiger charge is -2.23. The van der Waals surface area contributed by atoms with E-state index in [2.05, 4.69) is 36.1 Å². The van der Waals surface area contributed by atoms with Crippen molar-refractivity contribution in [2.24, 2.45) is 0 Å². The summed E-state index contributed by atoms with van der Waals surface area (Å²) in [6, 6.07) is 15.2. The van der Waals surface area contributed by atoms with Crippen molar-refractivity contribution in [3.8, 4) is 0 Å². The molecule has 2 aromatic carbocycles. The fraction of sp³-hybridized carbons (Fsp3) is 0.333. The number of hydrogen-bond acceptors (Lipinski definition) is 4. The molecular formula is C24H27F3N4. The van der Waals surface area contributed by atoms with Gasteiger partial charge in [-0.25, -0.2) is 4.98 Å². The fourth-order valence-electron chi connectivity index (χ4n) is 3.27. The van der Waals surface area contributed by atoms with Gasteiger partial charge >= 0.3 is 6.18 Å². The largest absolute Gasteiger partial charge is 0.421 e. The first-order valence-corrected chi connectivity index (χ1v) is 10.3. The second kappa shape index (κ2) is 9.37. The summed E-state index contributed by atoms with van der Waals surface area (Å²) in [5.74, 6) is 0.241. The molecule has 0 saturated heterocycles. The lowest BCUT2D eigenvalue weighted by molar-refractivity contribution is -0.137. The molecule has 3 rings (SSSR count). The van der Waals surface area contributed by atoms with E-state index >= 15 is 0 Å². The predicted molar refractivity (Wildman–Crippen MR) is 119 cm³/mol. The Morgan fingerprint density at radius 2 is 1.65 bits per heavy atom. The maximum absolute atomic E-state index is 13.6. The molecule has 0 radical (unpaired) electrons. The number of anilines is 4. The number of aryl methyl sites for hydroxylation is 1. The van der Waals surface area contributed by atoms with Crippen LogP contribution in [0.2, 0.25) is 0 Å². The van der Waals surface area contributed by atoms with Crippen LogP contribution < -0.4 is 10.2 Å². The van der Waals surface area contributed by atoms with Crippen LogP contribution >= 0.6 is 0 Å². The summed E-state index contributed by atoms with van der Waals surface area (Å²) in [6.07, 6.45) is -1.72. The fourth-order valence-corrected chi connectivity index (χ4v) is 3.27. The average Bonchev–Trinajstić information content (AvgIpc) is 2.74. The Morgan fingerprint density at radius 3 is 2.19 bits per heavy atom. The Bertz CT molecular complexity index is 997. The first kappa shape index (κ1) is 22.6. The maximum atomic E-state index is 13.6. The molecule has 3 aromatic rings. The second-order valence-corrected chi connectivity index (χ2v) is 7.81. The van der Waals surface area contributed by atoms with Gasteiger partial charge in [0.1, 0.15) is 5.56 Å². The van der Waals surface area contributed by atoms with Crippen LogP contribution in [0.5, 0.6) is 0 Å². The van der Waals surface area contributed by atoms with E-state index in [4.69, 9.17) is 0 Å². The summed E-state index contributed by atoms with van der Waals surface area (Å²) in [5, 5.41) is 3.01. The summed E-state index contributed by atoms with van der Waals surface area (Å²) < 4.78 is 40.9. The molecular weight excluding hydrogens is 401 g/mol. The zero-order chi connectivity index (χ0) is 22.6. The number of aromatic nitrogens is 2. The van der Waals surface area contributed by atoms with Crippen LogP contribution in [0.4, 0.5) is 36.3 Å². The Labute approximate surface area is 181 Å². The predicted octanol–water partition coefficient (Wildman–Crippen LogP) is 7.08. The maximum Gasteiger partial charge on any atom is 0.421 e. The van der Waals surface area contributed by atoms with Crippen molar-refractivity contribution >= 4 is 23.1 Å². The third-order valence-corrected chi connectivity index (χ3v) is 5.09. The van der Waals surface area contributed by atoms with Gasteiger partial charge in [0, 0.05) is 24.6 Å². The number of halogens is 3. The standard InChI is InChI=1S/C24H27F3N4/c1-5-6-17-7-11-19(12-8-17)29-23-28-15-21(24(25,26)27)22(30-23)31(4)20-13-9-18(10-14-20)16(2)3/h7-16H,5-6H2,1-4H3,(H,28,29,30). The number of hydrogen-bond donors (Lipinski definition) is 1. The molecule has 4 nitrogen and oxygen atoms in total. The van der Waals surface area contributed by atoms with Gasteiger partial charge in [0.05, 0.1) is 0 Å². The molecule has 31 heavy (non-hydrogen) atoms. The van der Waals surface area contributed by atoms with E-state index in [0.29, 0.717) is 11.6 Å². The van der Waals surface area contributed by atoms with E-state index in [1.165, 1.54) is 10.5 Å². The van der Waals surface area contributed by atoms with E-state index in [1.807, 2.05) is 36.4 Å². The molecule has 164 valence electrons. The van der Waals surface area contributed by atoms with Gasteiger partial charge in [-0.3, -0.25) is 0 Å². The van der Waals surface area contributed by atoms with Gasteiger partial charge in [0.2, 0.25) is 5.95 Å². The molecule has 0 saturated carbocycles. The van der Waals surface area contributed by atoms with Crippen LogP contribution in [0.3, 0.4) is 0 Å². The van der Waals surface area contributed by atoms with E-state index < -0.39 is 11.7 Å². The minimum Gasteiger partial charge on any atom is -0.329 e. The molecule has 1 heterocycles. The van der Waals surface area contributed by atoms with Gasteiger partial charge in [-0.1, -0.05) is 51.5 Å². The van der Waals surface area contributed by atoms with Crippen molar-refractivity contribution in [2.75, 3.05) is 17.3 Å². The quantitative estimate of drug-likeness (QED) is 0.436. The molecule has 0 atom stereocenters. The van der Waals surface area contributed by atoms with Crippen molar-refractivity contribution in [1.82, 2.24) is 9.97 Å². The number of alkyl halides is 3. The highest BCUT2D eigenvalue weighted by Gasteiger charge is 2.36. The molecule has 0 amide bonds. The number of rotatable bonds is 7. The lowest BCUT2D eigenvalue weighted by Crippen LogP contribution is -2.19. The van der Waals surface area contributed by atoms with Gasteiger partial charge in [0.25, 0.3) is 0 Å². The molecule has 0 fully saturated rings. The van der Waals surface area contributed by atoms with Gasteiger partial charge in [-0.15, -0.1) is 0 Å². The molecule has 7 heteroatoms. The van der Waals surface area contributed by atoms with Gasteiger partial charge < -0.3 is 10.2 Å². The van der Waals surface area contributed by atoms with Crippen LogP contribution in [0.15, 0.2) is 54.7 Å². The van der Waals surface area contributed by atoms with Crippen molar-refractivity contribution in [3.63, 3.8) is 0 Å². The van der Waals surface area contributed by atoms with Gasteiger partial charge in [-0.05, 0) is 47.7 Å². The highest BCUT2D eigenvalue weighted by molar-refractivity contribution is 5.65. The smallest absolute Gasteiger partial charge is 0.329 e. The normalized spacial score (nSPS) is 11.6.